The molecule has 0 aliphatic carbocycles. The fraction of sp³-hybridized carbons (Fsp3) is 0.0526. The number of benzene rings is 1. The average molecular weight is 345 g/mol. The first-order valence-electron chi connectivity index (χ1n) is 7.96. The van der Waals surface area contributed by atoms with E-state index in [0.29, 0.717) is 5.69 Å². The van der Waals surface area contributed by atoms with E-state index < -0.39 is 0 Å². The van der Waals surface area contributed by atoms with Crippen molar-refractivity contribution in [2.75, 3.05) is 7.11 Å². The SMILES string of the molecule is COc1cn(-c2ccncc2)nc(-c2ccnn2-c2ccccc2)c1=O. The number of aromatic nitrogens is 5. The summed E-state index contributed by atoms with van der Waals surface area (Å²) in [7, 11) is 1.46. The van der Waals surface area contributed by atoms with Gasteiger partial charge in [0.1, 0.15) is 0 Å². The van der Waals surface area contributed by atoms with Gasteiger partial charge in [-0.3, -0.25) is 9.78 Å². The number of ether oxygens (including phenoxy) is 1. The molecule has 0 unspecified atom stereocenters. The van der Waals surface area contributed by atoms with Gasteiger partial charge in [-0.15, -0.1) is 0 Å². The van der Waals surface area contributed by atoms with E-state index in [0.717, 1.165) is 11.4 Å². The maximum atomic E-state index is 12.8. The Kier molecular flexibility index (Phi) is 4.03. The third kappa shape index (κ3) is 2.75. The quantitative estimate of drug-likeness (QED) is 0.568. The third-order valence-corrected chi connectivity index (χ3v) is 3.92. The highest BCUT2D eigenvalue weighted by Crippen LogP contribution is 2.20. The van der Waals surface area contributed by atoms with Crippen LogP contribution in [0, 0.1) is 0 Å². The van der Waals surface area contributed by atoms with Crippen LogP contribution in [0.1, 0.15) is 0 Å². The van der Waals surface area contributed by atoms with Crippen LogP contribution in [-0.4, -0.2) is 31.7 Å². The molecule has 7 heteroatoms. The fourth-order valence-electron chi connectivity index (χ4n) is 2.67. The molecule has 0 atom stereocenters. The first-order chi connectivity index (χ1) is 12.8. The molecular weight excluding hydrogens is 330 g/mol. The van der Waals surface area contributed by atoms with Gasteiger partial charge in [-0.1, -0.05) is 18.2 Å². The molecule has 128 valence electrons. The Hall–Kier alpha value is -3.74. The summed E-state index contributed by atoms with van der Waals surface area (Å²) in [5, 5.41) is 8.85. The first-order valence-corrected chi connectivity index (χ1v) is 7.96. The van der Waals surface area contributed by atoms with Crippen LogP contribution in [0.2, 0.25) is 0 Å². The topological polar surface area (TPSA) is 74.8 Å². The minimum atomic E-state index is -0.296. The molecule has 0 saturated heterocycles. The molecule has 0 N–H and O–H groups in total. The van der Waals surface area contributed by atoms with E-state index in [9.17, 15) is 4.79 Å². The molecule has 1 aromatic carbocycles. The lowest BCUT2D eigenvalue weighted by atomic mass is 10.2. The van der Waals surface area contributed by atoms with Crippen molar-refractivity contribution in [2.24, 2.45) is 0 Å². The standard InChI is InChI=1S/C19H15N5O2/c1-26-17-13-23(14-7-10-20-11-8-14)22-18(19(17)25)16-9-12-21-24(16)15-5-3-2-4-6-15/h2-13H,1H3. The molecule has 0 radical (unpaired) electrons. The third-order valence-electron chi connectivity index (χ3n) is 3.92. The van der Waals surface area contributed by atoms with Crippen molar-refractivity contribution in [1.82, 2.24) is 24.5 Å². The molecule has 3 aromatic heterocycles. The molecule has 7 nitrogen and oxygen atoms in total. The van der Waals surface area contributed by atoms with Gasteiger partial charge in [0.05, 0.1) is 36.6 Å². The number of pyridine rings is 1. The first kappa shape index (κ1) is 15.8. The number of methoxy groups -OCH3 is 1. The van der Waals surface area contributed by atoms with Gasteiger partial charge in [0, 0.05) is 12.4 Å². The summed E-state index contributed by atoms with van der Waals surface area (Å²) < 4.78 is 8.55. The summed E-state index contributed by atoms with van der Waals surface area (Å²) in [5.74, 6) is 0.202. The fourth-order valence-corrected chi connectivity index (χ4v) is 2.67. The van der Waals surface area contributed by atoms with Crippen LogP contribution in [0.25, 0.3) is 22.8 Å². The number of rotatable bonds is 4. The normalized spacial score (nSPS) is 10.7. The summed E-state index contributed by atoms with van der Waals surface area (Å²) in [6, 6.07) is 14.9. The highest BCUT2D eigenvalue weighted by atomic mass is 16.5. The van der Waals surface area contributed by atoms with Crippen LogP contribution in [0.4, 0.5) is 0 Å². The van der Waals surface area contributed by atoms with Crippen LogP contribution < -0.4 is 10.2 Å². The second-order valence-electron chi connectivity index (χ2n) is 5.49. The molecule has 0 fully saturated rings. The lowest BCUT2D eigenvalue weighted by Crippen LogP contribution is -2.17. The molecule has 0 spiro atoms. The molecule has 0 aliphatic rings. The minimum Gasteiger partial charge on any atom is -0.491 e. The predicted octanol–water partition coefficient (Wildman–Crippen LogP) is 2.49. The number of nitrogens with zero attached hydrogens (tertiary/aromatic N) is 5. The lowest BCUT2D eigenvalue weighted by Gasteiger charge is -2.11. The van der Waals surface area contributed by atoms with E-state index in [1.807, 2.05) is 30.3 Å². The van der Waals surface area contributed by atoms with Crippen molar-refractivity contribution in [2.45, 2.75) is 0 Å². The molecule has 0 saturated carbocycles. The minimum absolute atomic E-state index is 0.202. The second-order valence-corrected chi connectivity index (χ2v) is 5.49. The van der Waals surface area contributed by atoms with Gasteiger partial charge in [0.25, 0.3) is 5.43 Å². The van der Waals surface area contributed by atoms with Crippen molar-refractivity contribution in [1.29, 1.82) is 0 Å². The van der Waals surface area contributed by atoms with Gasteiger partial charge in [0.15, 0.2) is 11.4 Å². The smallest absolute Gasteiger partial charge is 0.251 e. The zero-order chi connectivity index (χ0) is 17.9. The van der Waals surface area contributed by atoms with Gasteiger partial charge >= 0.3 is 0 Å². The Bertz CT molecular complexity index is 1090. The van der Waals surface area contributed by atoms with Crippen LogP contribution in [0.15, 0.2) is 78.1 Å². The molecule has 4 aromatic rings. The maximum Gasteiger partial charge on any atom is 0.251 e. The number of hydrogen-bond acceptors (Lipinski definition) is 5. The summed E-state index contributed by atoms with van der Waals surface area (Å²) in [6.07, 6.45) is 6.52. The predicted molar refractivity (Wildman–Crippen MR) is 96.7 cm³/mol. The zero-order valence-corrected chi connectivity index (χ0v) is 14.0. The van der Waals surface area contributed by atoms with E-state index in [2.05, 4.69) is 15.2 Å². The van der Waals surface area contributed by atoms with Gasteiger partial charge < -0.3 is 4.74 Å². The van der Waals surface area contributed by atoms with Crippen LogP contribution >= 0.6 is 0 Å². The Morgan fingerprint density at radius 1 is 0.923 bits per heavy atom. The van der Waals surface area contributed by atoms with Crippen molar-refractivity contribution in [3.63, 3.8) is 0 Å². The summed E-state index contributed by atoms with van der Waals surface area (Å²) in [4.78, 5) is 16.8. The Labute approximate surface area is 149 Å². The van der Waals surface area contributed by atoms with Gasteiger partial charge in [-0.2, -0.15) is 10.2 Å². The Morgan fingerprint density at radius 2 is 1.69 bits per heavy atom. The average Bonchev–Trinajstić information content (AvgIpc) is 3.19. The van der Waals surface area contributed by atoms with Crippen LogP contribution in [-0.2, 0) is 0 Å². The molecule has 0 bridgehead atoms. The van der Waals surface area contributed by atoms with Crippen LogP contribution in [0.5, 0.6) is 5.75 Å². The van der Waals surface area contributed by atoms with Crippen molar-refractivity contribution >= 4 is 0 Å². The number of hydrogen-bond donors (Lipinski definition) is 0. The lowest BCUT2D eigenvalue weighted by molar-refractivity contribution is 0.405. The Balaban J connectivity index is 1.93. The van der Waals surface area contributed by atoms with E-state index in [4.69, 9.17) is 4.74 Å². The summed E-state index contributed by atoms with van der Waals surface area (Å²) in [6.45, 7) is 0. The molecule has 0 amide bonds. The Morgan fingerprint density at radius 3 is 2.42 bits per heavy atom. The number of para-hydroxylation sites is 1. The second kappa shape index (κ2) is 6.64. The van der Waals surface area contributed by atoms with Gasteiger partial charge in [0.2, 0.25) is 0 Å². The van der Waals surface area contributed by atoms with Crippen molar-refractivity contribution < 1.29 is 4.74 Å². The monoisotopic (exact) mass is 345 g/mol. The summed E-state index contributed by atoms with van der Waals surface area (Å²) >= 11 is 0. The van der Waals surface area contributed by atoms with Gasteiger partial charge in [-0.25, -0.2) is 9.36 Å². The van der Waals surface area contributed by atoms with E-state index in [1.165, 1.54) is 7.11 Å². The highest BCUT2D eigenvalue weighted by Gasteiger charge is 2.17. The van der Waals surface area contributed by atoms with Crippen LogP contribution in [0.3, 0.4) is 0 Å². The molecule has 4 rings (SSSR count). The molecular formula is C19H15N5O2. The maximum absolute atomic E-state index is 12.8. The molecule has 3 heterocycles. The zero-order valence-electron chi connectivity index (χ0n) is 14.0. The van der Waals surface area contributed by atoms with Gasteiger partial charge in [-0.05, 0) is 30.3 Å². The van der Waals surface area contributed by atoms with E-state index >= 15 is 0 Å². The highest BCUT2D eigenvalue weighted by molar-refractivity contribution is 5.59. The molecule has 0 aliphatic heterocycles. The van der Waals surface area contributed by atoms with E-state index in [-0.39, 0.29) is 16.9 Å². The molecule has 26 heavy (non-hydrogen) atoms. The largest absolute Gasteiger partial charge is 0.491 e. The summed E-state index contributed by atoms with van der Waals surface area (Å²) in [5.41, 5.74) is 2.15. The van der Waals surface area contributed by atoms with Crippen molar-refractivity contribution in [3.8, 4) is 28.5 Å². The van der Waals surface area contributed by atoms with Crippen molar-refractivity contribution in [3.05, 3.63) is 83.5 Å². The van der Waals surface area contributed by atoms with E-state index in [1.54, 1.807) is 52.4 Å².